The maximum absolute atomic E-state index is 11.0. The van der Waals surface area contributed by atoms with E-state index in [-0.39, 0.29) is 12.1 Å². The molecule has 1 heterocycles. The fraction of sp³-hybridized carbons (Fsp3) is 0.250. The molecule has 0 bridgehead atoms. The van der Waals surface area contributed by atoms with E-state index in [1.54, 1.807) is 17.8 Å². The number of esters is 1. The van der Waals surface area contributed by atoms with Gasteiger partial charge in [0.25, 0.3) is 0 Å². The molecule has 1 aromatic rings. The Morgan fingerprint density at radius 1 is 1.33 bits per heavy atom. The number of hydrogen-bond acceptors (Lipinski definition) is 3. The summed E-state index contributed by atoms with van der Waals surface area (Å²) in [6.07, 6.45) is 1.50. The second kappa shape index (κ2) is 4.53. The second-order valence-corrected chi connectivity index (χ2v) is 4.45. The fourth-order valence-electron chi connectivity index (χ4n) is 1.40. The Kier molecular flexibility index (Phi) is 3.11. The van der Waals surface area contributed by atoms with Crippen LogP contribution in [0.15, 0.2) is 41.3 Å². The van der Waals surface area contributed by atoms with Crippen molar-refractivity contribution in [1.29, 1.82) is 0 Å². The van der Waals surface area contributed by atoms with E-state index in [9.17, 15) is 4.79 Å². The number of thioether (sulfide) groups is 1. The average Bonchev–Trinajstić information content (AvgIpc) is 2.56. The summed E-state index contributed by atoms with van der Waals surface area (Å²) in [5.74, 6) is 0.659. The largest absolute Gasteiger partial charge is 0.454 e. The summed E-state index contributed by atoms with van der Waals surface area (Å²) in [7, 11) is 0. The number of hydrogen-bond donors (Lipinski definition) is 0. The van der Waals surface area contributed by atoms with Crippen molar-refractivity contribution in [2.45, 2.75) is 18.8 Å². The van der Waals surface area contributed by atoms with Crippen LogP contribution in [-0.2, 0) is 15.3 Å². The fourth-order valence-corrected chi connectivity index (χ4v) is 2.39. The maximum atomic E-state index is 11.0. The van der Waals surface area contributed by atoms with Gasteiger partial charge in [-0.05, 0) is 12.5 Å². The first-order valence-corrected chi connectivity index (χ1v) is 5.83. The Morgan fingerprint density at radius 2 is 2.07 bits per heavy atom. The second-order valence-electron chi connectivity index (χ2n) is 3.40. The summed E-state index contributed by atoms with van der Waals surface area (Å²) in [6, 6.07) is 10.2. The van der Waals surface area contributed by atoms with Crippen molar-refractivity contribution in [3.8, 4) is 0 Å². The van der Waals surface area contributed by atoms with E-state index in [0.29, 0.717) is 0 Å². The molecule has 0 spiro atoms. The van der Waals surface area contributed by atoms with Gasteiger partial charge < -0.3 is 4.74 Å². The Balaban J connectivity index is 1.94. The van der Waals surface area contributed by atoms with E-state index in [1.165, 1.54) is 5.56 Å². The molecular formula is C12H12O2S. The van der Waals surface area contributed by atoms with Gasteiger partial charge in [-0.1, -0.05) is 30.3 Å². The minimum Gasteiger partial charge on any atom is -0.454 e. The van der Waals surface area contributed by atoms with Gasteiger partial charge in [-0.3, -0.25) is 0 Å². The van der Waals surface area contributed by atoms with Gasteiger partial charge in [-0.25, -0.2) is 4.79 Å². The average molecular weight is 220 g/mol. The van der Waals surface area contributed by atoms with E-state index in [2.05, 4.69) is 12.1 Å². The maximum Gasteiger partial charge on any atom is 0.332 e. The van der Waals surface area contributed by atoms with Crippen molar-refractivity contribution in [2.24, 2.45) is 0 Å². The van der Waals surface area contributed by atoms with Crippen molar-refractivity contribution >= 4 is 17.7 Å². The first kappa shape index (κ1) is 10.3. The van der Waals surface area contributed by atoms with Crippen LogP contribution in [-0.4, -0.2) is 12.1 Å². The molecule has 0 N–H and O–H groups in total. The zero-order chi connectivity index (χ0) is 10.7. The zero-order valence-electron chi connectivity index (χ0n) is 8.47. The molecule has 2 nitrogen and oxygen atoms in total. The molecule has 1 atom stereocenters. The van der Waals surface area contributed by atoms with Crippen LogP contribution >= 0.6 is 11.8 Å². The van der Waals surface area contributed by atoms with Crippen LogP contribution < -0.4 is 0 Å². The van der Waals surface area contributed by atoms with Crippen LogP contribution in [0.4, 0.5) is 0 Å². The molecule has 2 rings (SSSR count). The first-order valence-electron chi connectivity index (χ1n) is 4.84. The molecule has 0 aliphatic carbocycles. The van der Waals surface area contributed by atoms with Crippen molar-refractivity contribution in [3.63, 3.8) is 0 Å². The van der Waals surface area contributed by atoms with E-state index in [0.717, 1.165) is 10.7 Å². The van der Waals surface area contributed by atoms with Crippen molar-refractivity contribution in [1.82, 2.24) is 0 Å². The molecule has 1 unspecified atom stereocenters. The van der Waals surface area contributed by atoms with Gasteiger partial charge in [0.05, 0.1) is 0 Å². The molecule has 0 aromatic heterocycles. The van der Waals surface area contributed by atoms with Crippen LogP contribution in [0.25, 0.3) is 0 Å². The lowest BCUT2D eigenvalue weighted by Crippen LogP contribution is -2.04. The highest BCUT2D eigenvalue weighted by Crippen LogP contribution is 2.29. The molecule has 0 fully saturated rings. The van der Waals surface area contributed by atoms with Gasteiger partial charge in [-0.2, -0.15) is 0 Å². The number of ether oxygens (including phenoxy) is 1. The van der Waals surface area contributed by atoms with Crippen LogP contribution in [0.2, 0.25) is 0 Å². The van der Waals surface area contributed by atoms with Crippen molar-refractivity contribution in [3.05, 3.63) is 46.9 Å². The van der Waals surface area contributed by atoms with E-state index in [4.69, 9.17) is 4.74 Å². The number of carbonyl (C=O) groups is 1. The lowest BCUT2D eigenvalue weighted by Gasteiger charge is -2.07. The summed E-state index contributed by atoms with van der Waals surface area (Å²) in [5, 5.41) is 0. The molecule has 15 heavy (non-hydrogen) atoms. The Labute approximate surface area is 93.3 Å². The van der Waals surface area contributed by atoms with Gasteiger partial charge in [0.15, 0.2) is 0 Å². The summed E-state index contributed by atoms with van der Waals surface area (Å²) < 4.78 is 5.01. The molecule has 0 amide bonds. The van der Waals surface area contributed by atoms with Crippen LogP contribution in [0, 0.1) is 0 Å². The third kappa shape index (κ3) is 2.63. The predicted octanol–water partition coefficient (Wildman–Crippen LogP) is 2.75. The summed E-state index contributed by atoms with van der Waals surface area (Å²) in [6.45, 7) is 1.90. The third-order valence-corrected chi connectivity index (χ3v) is 3.46. The predicted molar refractivity (Wildman–Crippen MR) is 61.4 cm³/mol. The monoisotopic (exact) mass is 220 g/mol. The Hall–Kier alpha value is -1.22. The molecular weight excluding hydrogens is 208 g/mol. The minimum absolute atomic E-state index is 0.0776. The van der Waals surface area contributed by atoms with Gasteiger partial charge in [0.1, 0.15) is 6.10 Å². The molecule has 78 valence electrons. The normalized spacial score (nSPS) is 19.9. The number of rotatable bonds is 3. The molecule has 1 aromatic carbocycles. The molecule has 1 aliphatic heterocycles. The minimum atomic E-state index is -0.224. The van der Waals surface area contributed by atoms with Crippen LogP contribution in [0.3, 0.4) is 0 Å². The van der Waals surface area contributed by atoms with Gasteiger partial charge in [-0.15, -0.1) is 11.8 Å². The zero-order valence-corrected chi connectivity index (χ0v) is 9.29. The smallest absolute Gasteiger partial charge is 0.332 e. The highest BCUT2D eigenvalue weighted by Gasteiger charge is 2.21. The van der Waals surface area contributed by atoms with E-state index < -0.39 is 0 Å². The Morgan fingerprint density at radius 3 is 2.67 bits per heavy atom. The van der Waals surface area contributed by atoms with Crippen LogP contribution in [0.5, 0.6) is 0 Å². The summed E-state index contributed by atoms with van der Waals surface area (Å²) in [5.41, 5.74) is 1.26. The lowest BCUT2D eigenvalue weighted by molar-refractivity contribution is -0.138. The van der Waals surface area contributed by atoms with Crippen molar-refractivity contribution < 1.29 is 9.53 Å². The highest BCUT2D eigenvalue weighted by atomic mass is 32.2. The lowest BCUT2D eigenvalue weighted by atomic mass is 10.2. The van der Waals surface area contributed by atoms with Crippen LogP contribution in [0.1, 0.15) is 12.5 Å². The molecule has 0 saturated carbocycles. The van der Waals surface area contributed by atoms with E-state index in [1.807, 2.05) is 25.1 Å². The molecule has 0 radical (unpaired) electrons. The van der Waals surface area contributed by atoms with Gasteiger partial charge in [0.2, 0.25) is 0 Å². The summed E-state index contributed by atoms with van der Waals surface area (Å²) in [4.78, 5) is 12.0. The molecule has 3 heteroatoms. The standard InChI is InChI=1S/C12H12O2S/c1-9-11(7-12(13)14-9)15-8-10-5-3-2-4-6-10/h2-7,9H,8H2,1H3. The van der Waals surface area contributed by atoms with Gasteiger partial charge in [0, 0.05) is 16.7 Å². The van der Waals surface area contributed by atoms with Crippen molar-refractivity contribution in [2.75, 3.05) is 0 Å². The topological polar surface area (TPSA) is 26.3 Å². The summed E-state index contributed by atoms with van der Waals surface area (Å²) >= 11 is 1.66. The number of carbonyl (C=O) groups excluding carboxylic acids is 1. The quantitative estimate of drug-likeness (QED) is 0.733. The Bertz CT molecular complexity index is 384. The molecule has 0 saturated heterocycles. The van der Waals surface area contributed by atoms with Gasteiger partial charge >= 0.3 is 5.97 Å². The molecule has 1 aliphatic rings. The SMILES string of the molecule is CC1OC(=O)C=C1SCc1ccccc1. The highest BCUT2D eigenvalue weighted by molar-refractivity contribution is 8.02. The number of benzene rings is 1. The third-order valence-electron chi connectivity index (χ3n) is 2.20. The van der Waals surface area contributed by atoms with E-state index >= 15 is 0 Å². The first-order chi connectivity index (χ1) is 7.25. The number of cyclic esters (lactones) is 1.